The van der Waals surface area contributed by atoms with Gasteiger partial charge in [0.05, 0.1) is 11.7 Å². The molecule has 2 aliphatic carbocycles. The summed E-state index contributed by atoms with van der Waals surface area (Å²) < 4.78 is 0. The Balaban J connectivity index is 1.63. The Morgan fingerprint density at radius 3 is 2.53 bits per heavy atom. The van der Waals surface area contributed by atoms with Crippen LogP contribution in [-0.4, -0.2) is 29.1 Å². The summed E-state index contributed by atoms with van der Waals surface area (Å²) in [6.45, 7) is 3.18. The number of amides is 1. The summed E-state index contributed by atoms with van der Waals surface area (Å²) in [4.78, 5) is 14.9. The molecule has 0 aromatic heterocycles. The third-order valence-corrected chi connectivity index (χ3v) is 5.59. The molecule has 0 aromatic carbocycles. The van der Waals surface area contributed by atoms with Gasteiger partial charge in [-0.05, 0) is 31.6 Å². The van der Waals surface area contributed by atoms with Crippen molar-refractivity contribution in [3.8, 4) is 0 Å². The molecular formula is C16H28N2O. The van der Waals surface area contributed by atoms with Gasteiger partial charge in [0.2, 0.25) is 5.91 Å². The van der Waals surface area contributed by atoms with E-state index in [-0.39, 0.29) is 5.54 Å². The Hall–Kier alpha value is -0.570. The van der Waals surface area contributed by atoms with Crippen molar-refractivity contribution in [2.45, 2.75) is 82.8 Å². The van der Waals surface area contributed by atoms with Gasteiger partial charge in [-0.15, -0.1) is 0 Å². The summed E-state index contributed by atoms with van der Waals surface area (Å²) in [5, 5.41) is 3.67. The van der Waals surface area contributed by atoms with Crippen LogP contribution < -0.4 is 5.32 Å². The highest BCUT2D eigenvalue weighted by Gasteiger charge is 2.51. The highest BCUT2D eigenvalue weighted by atomic mass is 16.2. The number of rotatable bonds is 4. The molecule has 1 aliphatic heterocycles. The van der Waals surface area contributed by atoms with Crippen LogP contribution in [0.5, 0.6) is 0 Å². The first-order chi connectivity index (χ1) is 9.25. The van der Waals surface area contributed by atoms with Crippen molar-refractivity contribution in [3.05, 3.63) is 0 Å². The van der Waals surface area contributed by atoms with Gasteiger partial charge in [-0.2, -0.15) is 0 Å². The lowest BCUT2D eigenvalue weighted by atomic mass is 9.97. The Kier molecular flexibility index (Phi) is 3.84. The first-order valence-electron chi connectivity index (χ1n) is 8.34. The van der Waals surface area contributed by atoms with Crippen LogP contribution in [0.1, 0.15) is 71.1 Å². The highest BCUT2D eigenvalue weighted by molar-refractivity contribution is 5.89. The minimum Gasteiger partial charge on any atom is -0.326 e. The van der Waals surface area contributed by atoms with E-state index in [2.05, 4.69) is 17.1 Å². The molecule has 1 heterocycles. The first kappa shape index (κ1) is 13.4. The van der Waals surface area contributed by atoms with Gasteiger partial charge >= 0.3 is 0 Å². The van der Waals surface area contributed by atoms with E-state index in [1.165, 1.54) is 44.9 Å². The van der Waals surface area contributed by atoms with Gasteiger partial charge < -0.3 is 4.90 Å². The van der Waals surface area contributed by atoms with E-state index in [1.807, 2.05) is 0 Å². The van der Waals surface area contributed by atoms with Gasteiger partial charge in [-0.3, -0.25) is 10.1 Å². The fourth-order valence-electron chi connectivity index (χ4n) is 4.41. The SMILES string of the molecule is CCC1NC2(CCCC2)C(=O)N1CCC1CCCC1. The van der Waals surface area contributed by atoms with Crippen LogP contribution in [0.4, 0.5) is 0 Å². The summed E-state index contributed by atoms with van der Waals surface area (Å²) in [6, 6.07) is 0. The summed E-state index contributed by atoms with van der Waals surface area (Å²) in [7, 11) is 0. The van der Waals surface area contributed by atoms with E-state index in [0.717, 1.165) is 31.7 Å². The van der Waals surface area contributed by atoms with Crippen molar-refractivity contribution in [2.75, 3.05) is 6.54 Å². The predicted molar refractivity (Wildman–Crippen MR) is 76.7 cm³/mol. The van der Waals surface area contributed by atoms with Crippen LogP contribution in [0.15, 0.2) is 0 Å². The van der Waals surface area contributed by atoms with Crippen LogP contribution >= 0.6 is 0 Å². The zero-order valence-electron chi connectivity index (χ0n) is 12.3. The molecule has 3 heteroatoms. The molecule has 1 atom stereocenters. The van der Waals surface area contributed by atoms with Crippen molar-refractivity contribution in [1.82, 2.24) is 10.2 Å². The molecule has 1 unspecified atom stereocenters. The topological polar surface area (TPSA) is 32.3 Å². The number of nitrogens with one attached hydrogen (secondary N) is 1. The van der Waals surface area contributed by atoms with E-state index < -0.39 is 0 Å². The summed E-state index contributed by atoms with van der Waals surface area (Å²) in [6.07, 6.45) is 12.7. The van der Waals surface area contributed by atoms with Crippen molar-refractivity contribution in [2.24, 2.45) is 5.92 Å². The molecule has 3 nitrogen and oxygen atoms in total. The molecule has 108 valence electrons. The Bertz CT molecular complexity index is 330. The van der Waals surface area contributed by atoms with E-state index in [0.29, 0.717) is 12.1 Å². The van der Waals surface area contributed by atoms with E-state index in [9.17, 15) is 4.79 Å². The normalized spacial score (nSPS) is 30.9. The number of nitrogens with zero attached hydrogens (tertiary/aromatic N) is 1. The molecule has 3 fully saturated rings. The maximum Gasteiger partial charge on any atom is 0.244 e. The van der Waals surface area contributed by atoms with E-state index >= 15 is 0 Å². The fraction of sp³-hybridized carbons (Fsp3) is 0.938. The van der Waals surface area contributed by atoms with Crippen molar-refractivity contribution in [1.29, 1.82) is 0 Å². The molecule has 1 spiro atoms. The number of carbonyl (C=O) groups is 1. The zero-order chi connectivity index (χ0) is 13.3. The quantitative estimate of drug-likeness (QED) is 0.846. The lowest BCUT2D eigenvalue weighted by molar-refractivity contribution is -0.133. The Morgan fingerprint density at radius 2 is 1.89 bits per heavy atom. The smallest absolute Gasteiger partial charge is 0.244 e. The minimum absolute atomic E-state index is 0.170. The van der Waals surface area contributed by atoms with Gasteiger partial charge in [0, 0.05) is 6.54 Å². The van der Waals surface area contributed by atoms with Crippen LogP contribution in [0.25, 0.3) is 0 Å². The van der Waals surface area contributed by atoms with E-state index in [1.54, 1.807) is 0 Å². The van der Waals surface area contributed by atoms with Gasteiger partial charge in [0.1, 0.15) is 0 Å². The molecule has 2 saturated carbocycles. The standard InChI is InChI=1S/C16H28N2O/c1-2-14-17-16(10-5-6-11-16)15(19)18(14)12-9-13-7-3-4-8-13/h13-14,17H,2-12H2,1H3. The molecule has 0 aromatic rings. The molecule has 1 saturated heterocycles. The molecule has 3 rings (SSSR count). The van der Waals surface area contributed by atoms with Gasteiger partial charge in [-0.1, -0.05) is 45.4 Å². The fourth-order valence-corrected chi connectivity index (χ4v) is 4.41. The molecule has 0 radical (unpaired) electrons. The third kappa shape index (κ3) is 2.42. The zero-order valence-corrected chi connectivity index (χ0v) is 12.3. The predicted octanol–water partition coefficient (Wildman–Crippen LogP) is 3.05. The van der Waals surface area contributed by atoms with Crippen molar-refractivity contribution < 1.29 is 4.79 Å². The first-order valence-corrected chi connectivity index (χ1v) is 8.34. The number of hydrogen-bond acceptors (Lipinski definition) is 2. The highest BCUT2D eigenvalue weighted by Crippen LogP contribution is 2.37. The Morgan fingerprint density at radius 1 is 1.21 bits per heavy atom. The van der Waals surface area contributed by atoms with Gasteiger partial charge in [0.15, 0.2) is 0 Å². The van der Waals surface area contributed by atoms with Crippen molar-refractivity contribution >= 4 is 5.91 Å². The minimum atomic E-state index is -0.170. The molecule has 1 N–H and O–H groups in total. The van der Waals surface area contributed by atoms with E-state index in [4.69, 9.17) is 0 Å². The molecule has 1 amide bonds. The molecule has 0 bridgehead atoms. The van der Waals surface area contributed by atoms with Crippen LogP contribution in [0, 0.1) is 5.92 Å². The summed E-state index contributed by atoms with van der Waals surface area (Å²) in [5.74, 6) is 1.29. The maximum atomic E-state index is 12.8. The van der Waals surface area contributed by atoms with Crippen molar-refractivity contribution in [3.63, 3.8) is 0 Å². The average molecular weight is 264 g/mol. The Labute approximate surface area is 117 Å². The van der Waals surface area contributed by atoms with Gasteiger partial charge in [-0.25, -0.2) is 0 Å². The van der Waals surface area contributed by atoms with Gasteiger partial charge in [0.25, 0.3) is 0 Å². The largest absolute Gasteiger partial charge is 0.326 e. The second kappa shape index (κ2) is 5.43. The van der Waals surface area contributed by atoms with Crippen LogP contribution in [0.3, 0.4) is 0 Å². The van der Waals surface area contributed by atoms with Crippen LogP contribution in [0.2, 0.25) is 0 Å². The lowest BCUT2D eigenvalue weighted by Crippen LogP contribution is -2.44. The number of hydrogen-bond donors (Lipinski definition) is 1. The molecular weight excluding hydrogens is 236 g/mol. The average Bonchev–Trinajstić information content (AvgIpc) is 3.13. The second-order valence-corrected chi connectivity index (χ2v) is 6.80. The summed E-state index contributed by atoms with van der Waals surface area (Å²) in [5.41, 5.74) is -0.170. The third-order valence-electron chi connectivity index (χ3n) is 5.59. The number of carbonyl (C=O) groups excluding carboxylic acids is 1. The molecule has 3 aliphatic rings. The monoisotopic (exact) mass is 264 g/mol. The maximum absolute atomic E-state index is 12.8. The molecule has 19 heavy (non-hydrogen) atoms. The summed E-state index contributed by atoms with van der Waals surface area (Å²) >= 11 is 0. The second-order valence-electron chi connectivity index (χ2n) is 6.80. The van der Waals surface area contributed by atoms with Crippen LogP contribution in [-0.2, 0) is 4.79 Å². The lowest BCUT2D eigenvalue weighted by Gasteiger charge is -2.24.